The van der Waals surface area contributed by atoms with Crippen LogP contribution in [0.15, 0.2) is 48.5 Å². The number of nitrogens with zero attached hydrogens (tertiary/aromatic N) is 2. The van der Waals surface area contributed by atoms with Crippen LogP contribution in [0.1, 0.15) is 37.8 Å². The van der Waals surface area contributed by atoms with E-state index in [1.807, 2.05) is 25.1 Å². The summed E-state index contributed by atoms with van der Waals surface area (Å²) in [4.78, 5) is 17.1. The molecule has 1 aliphatic heterocycles. The second kappa shape index (κ2) is 12.3. The quantitative estimate of drug-likeness (QED) is 0.487. The number of halogens is 2. The first-order valence-electron chi connectivity index (χ1n) is 10.9. The lowest BCUT2D eigenvalue weighted by Gasteiger charge is -2.36. The van der Waals surface area contributed by atoms with Gasteiger partial charge in [-0.05, 0) is 48.6 Å². The molecular weight excluding hydrogens is 431 g/mol. The smallest absolute Gasteiger partial charge is 0.313 e. The Morgan fingerprint density at radius 2 is 1.71 bits per heavy atom. The summed E-state index contributed by atoms with van der Waals surface area (Å²) in [6, 6.07) is 16.4. The first-order valence-corrected chi connectivity index (χ1v) is 11.3. The summed E-state index contributed by atoms with van der Waals surface area (Å²) < 4.78 is 5.57. The van der Waals surface area contributed by atoms with Gasteiger partial charge in [0.1, 0.15) is 6.61 Å². The van der Waals surface area contributed by atoms with Crippen molar-refractivity contribution in [3.8, 4) is 0 Å². The lowest BCUT2D eigenvalue weighted by Crippen LogP contribution is -2.47. The number of esters is 1. The molecule has 0 aliphatic carbocycles. The summed E-state index contributed by atoms with van der Waals surface area (Å²) in [5, 5.41) is 0.769. The fourth-order valence-electron chi connectivity index (χ4n) is 3.85. The molecule has 0 N–H and O–H groups in total. The summed E-state index contributed by atoms with van der Waals surface area (Å²) in [7, 11) is 0. The lowest BCUT2D eigenvalue weighted by atomic mass is 9.97. The number of ether oxygens (including phenoxy) is 1. The second-order valence-corrected chi connectivity index (χ2v) is 8.97. The average molecular weight is 465 g/mol. The number of hydrogen-bond donors (Lipinski definition) is 0. The molecule has 6 heteroatoms. The highest BCUT2D eigenvalue weighted by molar-refractivity contribution is 6.30. The first-order chi connectivity index (χ1) is 14.4. The maximum absolute atomic E-state index is 12.5. The minimum Gasteiger partial charge on any atom is -0.464 e. The molecule has 1 fully saturated rings. The fourth-order valence-corrected chi connectivity index (χ4v) is 4.04. The Morgan fingerprint density at radius 3 is 2.32 bits per heavy atom. The van der Waals surface area contributed by atoms with E-state index in [0.717, 1.165) is 49.7 Å². The van der Waals surface area contributed by atoms with Crippen LogP contribution in [0.4, 0.5) is 5.69 Å². The standard InChI is InChI=1S/C25H33ClN2O2.ClH/c1-19(2)17-21-7-9-22(10-8-21)20(3)25(29)30-16-15-27-11-13-28(14-12-27)24-6-4-5-23(26)18-24;/h4-10,18-20H,11-17H2,1-3H3;1H/t20-;/m0./s1. The van der Waals surface area contributed by atoms with Crippen LogP contribution in [-0.4, -0.2) is 50.2 Å². The third-order valence-electron chi connectivity index (χ3n) is 5.67. The Hall–Kier alpha value is -1.75. The molecular formula is C25H34Cl2N2O2. The molecule has 2 aromatic carbocycles. The largest absolute Gasteiger partial charge is 0.464 e. The monoisotopic (exact) mass is 464 g/mol. The highest BCUT2D eigenvalue weighted by atomic mass is 35.5. The number of carbonyl (C=O) groups excluding carboxylic acids is 1. The molecule has 0 aromatic heterocycles. The van der Waals surface area contributed by atoms with Gasteiger partial charge in [0.25, 0.3) is 0 Å². The summed E-state index contributed by atoms with van der Waals surface area (Å²) >= 11 is 6.10. The van der Waals surface area contributed by atoms with Crippen molar-refractivity contribution in [2.75, 3.05) is 44.2 Å². The maximum atomic E-state index is 12.5. The van der Waals surface area contributed by atoms with E-state index >= 15 is 0 Å². The number of anilines is 1. The molecule has 2 aromatic rings. The van der Waals surface area contributed by atoms with E-state index in [1.165, 1.54) is 11.3 Å². The SMILES string of the molecule is CC(C)Cc1ccc([C@H](C)C(=O)OCCN2CCN(c3cccc(Cl)c3)CC2)cc1.Cl. The van der Waals surface area contributed by atoms with Crippen molar-refractivity contribution >= 4 is 35.7 Å². The van der Waals surface area contributed by atoms with E-state index in [9.17, 15) is 4.79 Å². The maximum Gasteiger partial charge on any atom is 0.313 e. The molecule has 1 saturated heterocycles. The summed E-state index contributed by atoms with van der Waals surface area (Å²) in [5.74, 6) is 0.243. The third kappa shape index (κ3) is 7.71. The zero-order valence-electron chi connectivity index (χ0n) is 18.7. The van der Waals surface area contributed by atoms with Crippen molar-refractivity contribution in [2.45, 2.75) is 33.1 Å². The van der Waals surface area contributed by atoms with Gasteiger partial charge in [0.15, 0.2) is 0 Å². The van der Waals surface area contributed by atoms with E-state index < -0.39 is 0 Å². The molecule has 0 saturated carbocycles. The minimum absolute atomic E-state index is 0. The van der Waals surface area contributed by atoms with Crippen LogP contribution in [0, 0.1) is 5.92 Å². The van der Waals surface area contributed by atoms with Gasteiger partial charge in [-0.1, -0.05) is 55.8 Å². The minimum atomic E-state index is -0.238. The number of rotatable bonds is 8. The predicted octanol–water partition coefficient (Wildman–Crippen LogP) is 5.43. The number of benzene rings is 2. The predicted molar refractivity (Wildman–Crippen MR) is 132 cm³/mol. The zero-order chi connectivity index (χ0) is 21.5. The molecule has 31 heavy (non-hydrogen) atoms. The van der Waals surface area contributed by atoms with E-state index in [4.69, 9.17) is 16.3 Å². The van der Waals surface area contributed by atoms with Gasteiger partial charge >= 0.3 is 5.97 Å². The Bertz CT molecular complexity index is 819. The Balaban J connectivity index is 0.00000341. The molecule has 0 amide bonds. The molecule has 0 spiro atoms. The van der Waals surface area contributed by atoms with Crippen molar-refractivity contribution < 1.29 is 9.53 Å². The van der Waals surface area contributed by atoms with Gasteiger partial charge in [-0.2, -0.15) is 0 Å². The van der Waals surface area contributed by atoms with Crippen LogP contribution >= 0.6 is 24.0 Å². The molecule has 1 heterocycles. The highest BCUT2D eigenvalue weighted by Gasteiger charge is 2.20. The Morgan fingerprint density at radius 1 is 1.03 bits per heavy atom. The first kappa shape index (κ1) is 25.5. The molecule has 1 atom stereocenters. The van der Waals surface area contributed by atoms with Crippen molar-refractivity contribution in [1.29, 1.82) is 0 Å². The molecule has 0 bridgehead atoms. The summed E-state index contributed by atoms with van der Waals surface area (Å²) in [6.07, 6.45) is 1.06. The summed E-state index contributed by atoms with van der Waals surface area (Å²) in [6.45, 7) is 11.4. The molecule has 4 nitrogen and oxygen atoms in total. The second-order valence-electron chi connectivity index (χ2n) is 8.54. The number of piperazine rings is 1. The normalized spacial score (nSPS) is 15.5. The zero-order valence-corrected chi connectivity index (χ0v) is 20.3. The highest BCUT2D eigenvalue weighted by Crippen LogP contribution is 2.21. The Labute approximate surface area is 197 Å². The molecule has 3 rings (SSSR count). The van der Waals surface area contributed by atoms with Gasteiger partial charge in [0.2, 0.25) is 0 Å². The van der Waals surface area contributed by atoms with Crippen LogP contribution in [0.25, 0.3) is 0 Å². The summed E-state index contributed by atoms with van der Waals surface area (Å²) in [5.41, 5.74) is 3.50. The van der Waals surface area contributed by atoms with Crippen LogP contribution in [0.3, 0.4) is 0 Å². The van der Waals surface area contributed by atoms with E-state index in [0.29, 0.717) is 12.5 Å². The van der Waals surface area contributed by atoms with Gasteiger partial charge < -0.3 is 9.64 Å². The van der Waals surface area contributed by atoms with Gasteiger partial charge in [-0.25, -0.2) is 0 Å². The molecule has 170 valence electrons. The number of hydrogen-bond acceptors (Lipinski definition) is 4. The lowest BCUT2D eigenvalue weighted by molar-refractivity contribution is -0.145. The van der Waals surface area contributed by atoms with E-state index in [2.05, 4.69) is 54.0 Å². The van der Waals surface area contributed by atoms with Crippen LogP contribution in [0.2, 0.25) is 5.02 Å². The van der Waals surface area contributed by atoms with Crippen molar-refractivity contribution in [3.05, 3.63) is 64.7 Å². The average Bonchev–Trinajstić information content (AvgIpc) is 2.74. The molecule has 0 unspecified atom stereocenters. The van der Waals surface area contributed by atoms with Gasteiger partial charge in [-0.15, -0.1) is 12.4 Å². The van der Waals surface area contributed by atoms with E-state index in [-0.39, 0.29) is 24.3 Å². The van der Waals surface area contributed by atoms with E-state index in [1.54, 1.807) is 0 Å². The van der Waals surface area contributed by atoms with Crippen LogP contribution < -0.4 is 4.90 Å². The van der Waals surface area contributed by atoms with Crippen molar-refractivity contribution in [2.24, 2.45) is 5.92 Å². The number of carbonyl (C=O) groups is 1. The van der Waals surface area contributed by atoms with Crippen molar-refractivity contribution in [1.82, 2.24) is 4.90 Å². The molecule has 0 radical (unpaired) electrons. The van der Waals surface area contributed by atoms with Crippen LogP contribution in [-0.2, 0) is 16.0 Å². The van der Waals surface area contributed by atoms with Crippen LogP contribution in [0.5, 0.6) is 0 Å². The Kier molecular flexibility index (Phi) is 10.1. The topological polar surface area (TPSA) is 32.8 Å². The van der Waals surface area contributed by atoms with Gasteiger partial charge in [0.05, 0.1) is 5.92 Å². The fraction of sp³-hybridized carbons (Fsp3) is 0.480. The van der Waals surface area contributed by atoms with Gasteiger partial charge in [0, 0.05) is 43.4 Å². The van der Waals surface area contributed by atoms with Gasteiger partial charge in [-0.3, -0.25) is 9.69 Å². The van der Waals surface area contributed by atoms with Crippen molar-refractivity contribution in [3.63, 3.8) is 0 Å². The molecule has 1 aliphatic rings. The third-order valence-corrected chi connectivity index (χ3v) is 5.91.